The number of hydrogen-bond acceptors (Lipinski definition) is 3. The molecular weight excluding hydrogens is 162 g/mol. The van der Waals surface area contributed by atoms with Crippen molar-refractivity contribution in [2.75, 3.05) is 19.6 Å². The van der Waals surface area contributed by atoms with Crippen LogP contribution in [0.25, 0.3) is 0 Å². The van der Waals surface area contributed by atoms with Crippen molar-refractivity contribution in [3.63, 3.8) is 0 Å². The van der Waals surface area contributed by atoms with Gasteiger partial charge in [-0.25, -0.2) is 0 Å². The Hall–Kier alpha value is -0.590. The average Bonchev–Trinajstić information content (AvgIpc) is 2.95. The minimum atomic E-state index is 0.00514. The van der Waals surface area contributed by atoms with E-state index in [1.54, 1.807) is 0 Å². The second-order valence-electron chi connectivity index (χ2n) is 3.56. The summed E-state index contributed by atoms with van der Waals surface area (Å²) in [6, 6.07) is 3.07. The summed E-state index contributed by atoms with van der Waals surface area (Å²) in [6.07, 6.45) is 2.64. The van der Waals surface area contributed by atoms with Crippen LogP contribution in [0.4, 0.5) is 0 Å². The maximum absolute atomic E-state index is 8.86. The van der Waals surface area contributed by atoms with Crippen LogP contribution in [0.3, 0.4) is 0 Å². The molecule has 1 aliphatic rings. The van der Waals surface area contributed by atoms with E-state index >= 15 is 0 Å². The number of hydrogen-bond donors (Lipinski definition) is 1. The van der Waals surface area contributed by atoms with Gasteiger partial charge in [0.1, 0.15) is 6.04 Å². The first-order chi connectivity index (χ1) is 6.31. The standard InChI is InChI=1S/C10H19N3/c1-3-12-9(7-11)8-13(4-2)10-5-6-10/h9-10,12H,3-6,8H2,1-2H3. The number of rotatable bonds is 6. The fraction of sp³-hybridized carbons (Fsp3) is 0.900. The predicted molar refractivity (Wildman–Crippen MR) is 53.3 cm³/mol. The van der Waals surface area contributed by atoms with Crippen LogP contribution in [0.5, 0.6) is 0 Å². The van der Waals surface area contributed by atoms with Crippen LogP contribution in [0, 0.1) is 11.3 Å². The molecule has 1 saturated carbocycles. The maximum Gasteiger partial charge on any atom is 0.108 e. The minimum Gasteiger partial charge on any atom is -0.301 e. The molecule has 3 nitrogen and oxygen atoms in total. The summed E-state index contributed by atoms with van der Waals surface area (Å²) in [5.74, 6) is 0. The lowest BCUT2D eigenvalue weighted by molar-refractivity contribution is 0.261. The molecule has 13 heavy (non-hydrogen) atoms. The zero-order valence-corrected chi connectivity index (χ0v) is 8.58. The Kier molecular flexibility index (Phi) is 4.20. The van der Waals surface area contributed by atoms with Gasteiger partial charge in [-0.15, -0.1) is 0 Å². The Bertz CT molecular complexity index is 181. The molecule has 0 spiro atoms. The second-order valence-corrected chi connectivity index (χ2v) is 3.56. The smallest absolute Gasteiger partial charge is 0.108 e. The number of nitrogens with one attached hydrogen (secondary N) is 1. The number of nitriles is 1. The molecule has 0 aliphatic heterocycles. The molecule has 0 saturated heterocycles. The van der Waals surface area contributed by atoms with Gasteiger partial charge in [-0.3, -0.25) is 4.90 Å². The first-order valence-corrected chi connectivity index (χ1v) is 5.18. The molecule has 1 N–H and O–H groups in total. The van der Waals surface area contributed by atoms with E-state index < -0.39 is 0 Å². The predicted octanol–water partition coefficient (Wildman–Crippen LogP) is 0.972. The van der Waals surface area contributed by atoms with Crippen LogP contribution < -0.4 is 5.32 Å². The highest BCUT2D eigenvalue weighted by Gasteiger charge is 2.29. The lowest BCUT2D eigenvalue weighted by Crippen LogP contribution is -2.41. The van der Waals surface area contributed by atoms with Crippen molar-refractivity contribution in [3.05, 3.63) is 0 Å². The van der Waals surface area contributed by atoms with Gasteiger partial charge in [0, 0.05) is 12.6 Å². The van der Waals surface area contributed by atoms with Gasteiger partial charge in [-0.1, -0.05) is 13.8 Å². The minimum absolute atomic E-state index is 0.00514. The van der Waals surface area contributed by atoms with Crippen molar-refractivity contribution in [2.45, 2.75) is 38.8 Å². The van der Waals surface area contributed by atoms with Crippen molar-refractivity contribution in [1.82, 2.24) is 10.2 Å². The monoisotopic (exact) mass is 181 g/mol. The third-order valence-electron chi connectivity index (χ3n) is 2.49. The zero-order chi connectivity index (χ0) is 9.68. The van der Waals surface area contributed by atoms with Gasteiger partial charge in [-0.2, -0.15) is 5.26 Å². The Labute approximate surface area is 80.7 Å². The van der Waals surface area contributed by atoms with Crippen molar-refractivity contribution < 1.29 is 0 Å². The Morgan fingerprint density at radius 2 is 2.23 bits per heavy atom. The van der Waals surface area contributed by atoms with Gasteiger partial charge in [0.2, 0.25) is 0 Å². The molecule has 0 aromatic heterocycles. The van der Waals surface area contributed by atoms with Crippen LogP contribution in [0.2, 0.25) is 0 Å². The highest BCUT2D eigenvalue weighted by atomic mass is 15.2. The van der Waals surface area contributed by atoms with E-state index in [1.807, 2.05) is 6.92 Å². The molecule has 0 heterocycles. The molecular formula is C10H19N3. The first-order valence-electron chi connectivity index (χ1n) is 5.18. The molecule has 0 amide bonds. The van der Waals surface area contributed by atoms with Crippen molar-refractivity contribution in [2.24, 2.45) is 0 Å². The number of nitrogens with zero attached hydrogens (tertiary/aromatic N) is 2. The third kappa shape index (κ3) is 3.33. The van der Waals surface area contributed by atoms with E-state index in [0.717, 1.165) is 25.7 Å². The summed E-state index contributed by atoms with van der Waals surface area (Å²) in [6.45, 7) is 7.02. The molecule has 1 aliphatic carbocycles. The average molecular weight is 181 g/mol. The summed E-state index contributed by atoms with van der Waals surface area (Å²) in [4.78, 5) is 2.40. The highest BCUT2D eigenvalue weighted by Crippen LogP contribution is 2.26. The summed E-state index contributed by atoms with van der Waals surface area (Å²) in [5.41, 5.74) is 0. The summed E-state index contributed by atoms with van der Waals surface area (Å²) >= 11 is 0. The van der Waals surface area contributed by atoms with Crippen LogP contribution in [0.15, 0.2) is 0 Å². The van der Waals surface area contributed by atoms with E-state index in [1.165, 1.54) is 12.8 Å². The van der Waals surface area contributed by atoms with Gasteiger partial charge in [0.05, 0.1) is 6.07 Å². The number of likely N-dealkylation sites (N-methyl/N-ethyl adjacent to an activating group) is 2. The quantitative estimate of drug-likeness (QED) is 0.663. The molecule has 1 fully saturated rings. The second kappa shape index (κ2) is 5.21. The van der Waals surface area contributed by atoms with E-state index in [2.05, 4.69) is 23.2 Å². The zero-order valence-electron chi connectivity index (χ0n) is 8.58. The fourth-order valence-electron chi connectivity index (χ4n) is 1.61. The fourth-order valence-corrected chi connectivity index (χ4v) is 1.61. The van der Waals surface area contributed by atoms with E-state index in [0.29, 0.717) is 0 Å². The Morgan fingerprint density at radius 3 is 2.62 bits per heavy atom. The van der Waals surface area contributed by atoms with Crippen LogP contribution in [-0.2, 0) is 0 Å². The lowest BCUT2D eigenvalue weighted by atomic mass is 10.3. The molecule has 0 aromatic rings. The topological polar surface area (TPSA) is 39.1 Å². The van der Waals surface area contributed by atoms with Crippen LogP contribution in [-0.4, -0.2) is 36.6 Å². The third-order valence-corrected chi connectivity index (χ3v) is 2.49. The van der Waals surface area contributed by atoms with Gasteiger partial charge >= 0.3 is 0 Å². The summed E-state index contributed by atoms with van der Waals surface area (Å²) in [7, 11) is 0. The van der Waals surface area contributed by atoms with Gasteiger partial charge in [0.15, 0.2) is 0 Å². The largest absolute Gasteiger partial charge is 0.301 e. The maximum atomic E-state index is 8.86. The molecule has 0 radical (unpaired) electrons. The highest BCUT2D eigenvalue weighted by molar-refractivity contribution is 4.95. The normalized spacial score (nSPS) is 18.6. The van der Waals surface area contributed by atoms with E-state index in [4.69, 9.17) is 5.26 Å². The molecule has 3 heteroatoms. The molecule has 1 rings (SSSR count). The van der Waals surface area contributed by atoms with Crippen LogP contribution >= 0.6 is 0 Å². The van der Waals surface area contributed by atoms with Gasteiger partial charge in [-0.05, 0) is 25.9 Å². The first kappa shape index (κ1) is 10.5. The van der Waals surface area contributed by atoms with Gasteiger partial charge < -0.3 is 5.32 Å². The van der Waals surface area contributed by atoms with Crippen molar-refractivity contribution in [3.8, 4) is 6.07 Å². The molecule has 1 unspecified atom stereocenters. The van der Waals surface area contributed by atoms with Crippen molar-refractivity contribution >= 4 is 0 Å². The summed E-state index contributed by atoms with van der Waals surface area (Å²) < 4.78 is 0. The molecule has 0 bridgehead atoms. The lowest BCUT2D eigenvalue weighted by Gasteiger charge is -2.22. The molecule has 1 atom stereocenters. The molecule has 0 aromatic carbocycles. The van der Waals surface area contributed by atoms with Crippen LogP contribution in [0.1, 0.15) is 26.7 Å². The molecule has 74 valence electrons. The Balaban J connectivity index is 2.29. The summed E-state index contributed by atoms with van der Waals surface area (Å²) in [5, 5.41) is 12.0. The van der Waals surface area contributed by atoms with Gasteiger partial charge in [0.25, 0.3) is 0 Å². The van der Waals surface area contributed by atoms with Crippen molar-refractivity contribution in [1.29, 1.82) is 5.26 Å². The van der Waals surface area contributed by atoms with E-state index in [-0.39, 0.29) is 6.04 Å². The SMILES string of the molecule is CCNC(C#N)CN(CC)C1CC1. The van der Waals surface area contributed by atoms with E-state index in [9.17, 15) is 0 Å². The Morgan fingerprint density at radius 1 is 1.54 bits per heavy atom.